The number of nitrogens with one attached hydrogen (secondary N) is 2. The van der Waals surface area contributed by atoms with Crippen LogP contribution in [0.25, 0.3) is 16.9 Å². The number of rotatable bonds is 4. The number of anilines is 2. The first kappa shape index (κ1) is 17.3. The normalized spacial score (nSPS) is 17.3. The average Bonchev–Trinajstić information content (AvgIpc) is 3.42. The van der Waals surface area contributed by atoms with Gasteiger partial charge in [0.1, 0.15) is 5.00 Å². The predicted molar refractivity (Wildman–Crippen MR) is 110 cm³/mol. The fraction of sp³-hybridized carbons (Fsp3) is 0.368. The largest absolute Gasteiger partial charge is 0.328 e. The van der Waals surface area contributed by atoms with Crippen LogP contribution >= 0.6 is 11.5 Å². The zero-order valence-electron chi connectivity index (χ0n) is 15.9. The van der Waals surface area contributed by atoms with Gasteiger partial charge < -0.3 is 10.6 Å². The Kier molecular flexibility index (Phi) is 4.33. The minimum atomic E-state index is 0.394. The first-order chi connectivity index (χ1) is 13.7. The second kappa shape index (κ2) is 6.99. The summed E-state index contributed by atoms with van der Waals surface area (Å²) in [7, 11) is 1.92. The lowest BCUT2D eigenvalue weighted by Gasteiger charge is -2.23. The molecule has 5 heterocycles. The molecule has 8 nitrogen and oxygen atoms in total. The Hall–Kier alpha value is -2.78. The van der Waals surface area contributed by atoms with E-state index in [2.05, 4.69) is 35.7 Å². The van der Waals surface area contributed by atoms with Crippen LogP contribution in [0.15, 0.2) is 30.9 Å². The van der Waals surface area contributed by atoms with Gasteiger partial charge in [-0.1, -0.05) is 0 Å². The smallest absolute Gasteiger partial charge is 0.180 e. The zero-order valence-corrected chi connectivity index (χ0v) is 16.7. The fourth-order valence-corrected chi connectivity index (χ4v) is 4.36. The van der Waals surface area contributed by atoms with Crippen LogP contribution in [0.1, 0.15) is 30.1 Å². The van der Waals surface area contributed by atoms with Crippen molar-refractivity contribution in [1.82, 2.24) is 33.8 Å². The van der Waals surface area contributed by atoms with Crippen LogP contribution in [0.3, 0.4) is 0 Å². The summed E-state index contributed by atoms with van der Waals surface area (Å²) < 4.78 is 8.30. The third-order valence-corrected chi connectivity index (χ3v) is 5.89. The summed E-state index contributed by atoms with van der Waals surface area (Å²) in [4.78, 5) is 9.63. The predicted octanol–water partition coefficient (Wildman–Crippen LogP) is 3.11. The van der Waals surface area contributed by atoms with E-state index in [1.165, 1.54) is 18.0 Å². The van der Waals surface area contributed by atoms with E-state index < -0.39 is 0 Å². The third kappa shape index (κ3) is 3.16. The van der Waals surface area contributed by atoms with Crippen molar-refractivity contribution in [2.45, 2.75) is 25.7 Å². The van der Waals surface area contributed by atoms with Gasteiger partial charge in [-0.2, -0.15) is 9.47 Å². The molecule has 0 unspecified atom stereocenters. The number of aromatic nitrogens is 6. The van der Waals surface area contributed by atoms with Crippen molar-refractivity contribution in [2.24, 2.45) is 7.05 Å². The maximum absolute atomic E-state index is 4.96. The Morgan fingerprint density at radius 2 is 2.21 bits per heavy atom. The zero-order chi connectivity index (χ0) is 19.1. The second-order valence-electron chi connectivity index (χ2n) is 7.25. The number of hydrogen-bond donors (Lipinski definition) is 2. The van der Waals surface area contributed by atoms with Crippen LogP contribution in [0, 0.1) is 6.92 Å². The molecule has 0 radical (unpaired) electrons. The highest BCUT2D eigenvalue weighted by atomic mass is 32.1. The minimum absolute atomic E-state index is 0.394. The molecule has 0 spiro atoms. The maximum Gasteiger partial charge on any atom is 0.180 e. The monoisotopic (exact) mass is 394 g/mol. The van der Waals surface area contributed by atoms with Gasteiger partial charge in [0.2, 0.25) is 0 Å². The molecule has 1 aliphatic rings. The first-order valence-electron chi connectivity index (χ1n) is 9.45. The fourth-order valence-electron chi connectivity index (χ4n) is 3.70. The highest BCUT2D eigenvalue weighted by molar-refractivity contribution is 7.10. The number of imidazole rings is 1. The van der Waals surface area contributed by atoms with Crippen LogP contribution in [0.4, 0.5) is 10.8 Å². The van der Waals surface area contributed by atoms with Gasteiger partial charge in [-0.15, -0.1) is 0 Å². The lowest BCUT2D eigenvalue weighted by atomic mass is 9.96. The first-order valence-corrected chi connectivity index (χ1v) is 10.2. The van der Waals surface area contributed by atoms with Gasteiger partial charge in [-0.3, -0.25) is 9.08 Å². The molecule has 1 fully saturated rings. The van der Waals surface area contributed by atoms with E-state index in [4.69, 9.17) is 4.98 Å². The summed E-state index contributed by atoms with van der Waals surface area (Å²) in [5.74, 6) is 1.16. The average molecular weight is 395 g/mol. The Balaban J connectivity index is 1.64. The van der Waals surface area contributed by atoms with Crippen LogP contribution in [-0.4, -0.2) is 41.6 Å². The molecule has 28 heavy (non-hydrogen) atoms. The Morgan fingerprint density at radius 3 is 2.93 bits per heavy atom. The molecule has 0 aliphatic carbocycles. The van der Waals surface area contributed by atoms with E-state index in [0.29, 0.717) is 5.92 Å². The summed E-state index contributed by atoms with van der Waals surface area (Å²) in [5, 5.41) is 12.2. The van der Waals surface area contributed by atoms with E-state index in [-0.39, 0.29) is 0 Å². The third-order valence-electron chi connectivity index (χ3n) is 5.10. The molecule has 4 aromatic rings. The highest BCUT2D eigenvalue weighted by Gasteiger charge is 2.21. The van der Waals surface area contributed by atoms with Gasteiger partial charge in [0.05, 0.1) is 29.5 Å². The Morgan fingerprint density at radius 1 is 1.29 bits per heavy atom. The van der Waals surface area contributed by atoms with Gasteiger partial charge >= 0.3 is 0 Å². The molecular formula is C19H22N8S. The van der Waals surface area contributed by atoms with Crippen molar-refractivity contribution in [3.05, 3.63) is 42.2 Å². The second-order valence-corrected chi connectivity index (χ2v) is 8.06. The quantitative estimate of drug-likeness (QED) is 0.553. The van der Waals surface area contributed by atoms with E-state index in [9.17, 15) is 0 Å². The Bertz CT molecular complexity index is 1120. The summed E-state index contributed by atoms with van der Waals surface area (Å²) in [6, 6.07) is 2.03. The van der Waals surface area contributed by atoms with E-state index >= 15 is 0 Å². The van der Waals surface area contributed by atoms with Gasteiger partial charge in [0, 0.05) is 37.5 Å². The molecule has 1 aliphatic heterocycles. The molecule has 2 N–H and O–H groups in total. The molecule has 0 bridgehead atoms. The van der Waals surface area contributed by atoms with Gasteiger partial charge in [0.15, 0.2) is 11.5 Å². The molecule has 0 saturated carbocycles. The van der Waals surface area contributed by atoms with E-state index in [0.717, 1.165) is 58.6 Å². The summed E-state index contributed by atoms with van der Waals surface area (Å²) >= 11 is 1.44. The molecule has 4 aromatic heterocycles. The van der Waals surface area contributed by atoms with Crippen LogP contribution in [0.2, 0.25) is 0 Å². The van der Waals surface area contributed by atoms with Crippen molar-refractivity contribution in [1.29, 1.82) is 0 Å². The molecule has 9 heteroatoms. The minimum Gasteiger partial charge on any atom is -0.328 e. The Labute approximate surface area is 166 Å². The molecule has 1 saturated heterocycles. The van der Waals surface area contributed by atoms with E-state index in [1.807, 2.05) is 38.6 Å². The molecule has 0 amide bonds. The molecule has 0 aromatic carbocycles. The lowest BCUT2D eigenvalue weighted by Crippen LogP contribution is -2.29. The van der Waals surface area contributed by atoms with Crippen LogP contribution in [-0.2, 0) is 7.05 Å². The van der Waals surface area contributed by atoms with Crippen molar-refractivity contribution < 1.29 is 0 Å². The number of fused-ring (bicyclic) bond motifs is 1. The number of aryl methyl sites for hydroxylation is 2. The van der Waals surface area contributed by atoms with Gasteiger partial charge in [-0.25, -0.2) is 9.97 Å². The number of hydrogen-bond acceptors (Lipinski definition) is 7. The maximum atomic E-state index is 4.96. The summed E-state index contributed by atoms with van der Waals surface area (Å²) in [5.41, 5.74) is 4.92. The summed E-state index contributed by atoms with van der Waals surface area (Å²) in [6.45, 7) is 4.02. The van der Waals surface area contributed by atoms with E-state index in [1.54, 1.807) is 4.68 Å². The van der Waals surface area contributed by atoms with Crippen LogP contribution in [0.5, 0.6) is 0 Å². The lowest BCUT2D eigenvalue weighted by molar-refractivity contribution is 0.454. The van der Waals surface area contributed by atoms with Crippen LogP contribution < -0.4 is 10.6 Å². The topological polar surface area (TPSA) is 85.0 Å². The number of piperidine rings is 1. The van der Waals surface area contributed by atoms with Crippen molar-refractivity contribution in [3.63, 3.8) is 0 Å². The van der Waals surface area contributed by atoms with Gasteiger partial charge in [0.25, 0.3) is 0 Å². The number of nitrogens with zero attached hydrogens (tertiary/aromatic N) is 6. The molecular weight excluding hydrogens is 372 g/mol. The molecule has 5 rings (SSSR count). The summed E-state index contributed by atoms with van der Waals surface area (Å²) in [6.07, 6.45) is 10.2. The van der Waals surface area contributed by atoms with Crippen molar-refractivity contribution in [3.8, 4) is 11.3 Å². The van der Waals surface area contributed by atoms with Crippen molar-refractivity contribution >= 4 is 28.0 Å². The van der Waals surface area contributed by atoms with Gasteiger partial charge in [-0.05, 0) is 43.9 Å². The highest BCUT2D eigenvalue weighted by Crippen LogP contribution is 2.30. The standard InChI is InChI=1S/C19H22N8S/c1-12-6-17(28-25-12)24-18-19-21-9-16(14-8-22-26(2)10-14)27(19)11-15(23-18)13-4-3-5-20-7-13/h6,8-11,13,20H,3-5,7H2,1-2H3,(H,23,24)/t13-/m0/s1. The SMILES string of the molecule is Cc1cc(Nc2nc([C@H]3CCCNC3)cn3c(-c4cnn(C)c4)cnc23)sn1. The van der Waals surface area contributed by atoms with Crippen molar-refractivity contribution in [2.75, 3.05) is 18.4 Å². The molecule has 144 valence electrons. The molecule has 1 atom stereocenters.